The molecule has 0 amide bonds. The molecule has 0 bridgehead atoms. The highest BCUT2D eigenvalue weighted by atomic mass is 16.6. The maximum absolute atomic E-state index is 11.5. The van der Waals surface area contributed by atoms with Gasteiger partial charge < -0.3 is 19.9 Å². The van der Waals surface area contributed by atoms with Gasteiger partial charge in [0, 0.05) is 31.4 Å². The predicted octanol–water partition coefficient (Wildman–Crippen LogP) is 0.769. The number of aromatic nitrogens is 2. The quantitative estimate of drug-likeness (QED) is 0.766. The molecule has 0 radical (unpaired) electrons. The third kappa shape index (κ3) is 4.01. The first kappa shape index (κ1) is 15.4. The van der Waals surface area contributed by atoms with Gasteiger partial charge in [-0.3, -0.25) is 4.79 Å². The number of hydrogen-bond acceptors (Lipinski definition) is 6. The second-order valence-corrected chi connectivity index (χ2v) is 5.32. The van der Waals surface area contributed by atoms with E-state index in [-0.39, 0.29) is 17.4 Å². The number of rotatable bonds is 6. The molecule has 1 aromatic heterocycles. The highest BCUT2D eigenvalue weighted by Crippen LogP contribution is 2.34. The van der Waals surface area contributed by atoms with Crippen molar-refractivity contribution in [2.75, 3.05) is 19.7 Å². The summed E-state index contributed by atoms with van der Waals surface area (Å²) in [5.41, 5.74) is -0.0899. The van der Waals surface area contributed by atoms with E-state index in [1.54, 1.807) is 30.5 Å². The Morgan fingerprint density at radius 2 is 2.26 bits per heavy atom. The molecular formula is C16H19N3O4. The van der Waals surface area contributed by atoms with Crippen molar-refractivity contribution in [3.05, 3.63) is 46.9 Å². The molecule has 7 heteroatoms. The first-order valence-corrected chi connectivity index (χ1v) is 7.58. The van der Waals surface area contributed by atoms with Gasteiger partial charge in [0.2, 0.25) is 0 Å². The number of phenols is 1. The van der Waals surface area contributed by atoms with Gasteiger partial charge >= 0.3 is 0 Å². The Morgan fingerprint density at radius 1 is 1.35 bits per heavy atom. The molecule has 1 aliphatic heterocycles. The van der Waals surface area contributed by atoms with Crippen molar-refractivity contribution in [1.82, 2.24) is 15.1 Å². The Balaban J connectivity index is 1.40. The largest absolute Gasteiger partial charge is 0.508 e. The lowest BCUT2D eigenvalue weighted by molar-refractivity contribution is 0.0900. The molecule has 2 N–H and O–H groups in total. The van der Waals surface area contributed by atoms with Gasteiger partial charge in [-0.25, -0.2) is 4.68 Å². The average molecular weight is 317 g/mol. The summed E-state index contributed by atoms with van der Waals surface area (Å²) in [5.74, 6) is 1.36. The topological polar surface area (TPSA) is 85.6 Å². The Bertz CT molecular complexity index is 716. The molecule has 23 heavy (non-hydrogen) atoms. The summed E-state index contributed by atoms with van der Waals surface area (Å²) < 4.78 is 12.8. The van der Waals surface area contributed by atoms with E-state index in [1.165, 1.54) is 10.7 Å². The van der Waals surface area contributed by atoms with Gasteiger partial charge in [0.1, 0.15) is 18.5 Å². The van der Waals surface area contributed by atoms with Crippen LogP contribution >= 0.6 is 0 Å². The van der Waals surface area contributed by atoms with Gasteiger partial charge in [0.05, 0.1) is 0 Å². The summed E-state index contributed by atoms with van der Waals surface area (Å²) >= 11 is 0. The molecule has 1 aromatic carbocycles. The molecule has 2 heterocycles. The van der Waals surface area contributed by atoms with Gasteiger partial charge in [-0.05, 0) is 31.2 Å². The van der Waals surface area contributed by atoms with E-state index in [4.69, 9.17) is 9.47 Å². The van der Waals surface area contributed by atoms with E-state index in [0.717, 1.165) is 13.0 Å². The molecule has 2 aromatic rings. The van der Waals surface area contributed by atoms with Crippen LogP contribution in [0.2, 0.25) is 0 Å². The minimum absolute atomic E-state index is 0.0899. The van der Waals surface area contributed by atoms with Crippen LogP contribution in [0.5, 0.6) is 17.2 Å². The number of hydrogen-bond donors (Lipinski definition) is 2. The lowest BCUT2D eigenvalue weighted by atomic mass is 10.2. The Kier molecular flexibility index (Phi) is 4.77. The molecule has 3 rings (SSSR count). The van der Waals surface area contributed by atoms with Crippen LogP contribution in [0.1, 0.15) is 6.42 Å². The van der Waals surface area contributed by atoms with Crippen LogP contribution in [-0.4, -0.2) is 40.7 Å². The molecule has 7 nitrogen and oxygen atoms in total. The Labute approximate surface area is 133 Å². The highest BCUT2D eigenvalue weighted by Gasteiger charge is 2.20. The van der Waals surface area contributed by atoms with Gasteiger partial charge in [-0.15, -0.1) is 0 Å². The fraction of sp³-hybridized carbons (Fsp3) is 0.375. The zero-order valence-corrected chi connectivity index (χ0v) is 12.6. The highest BCUT2D eigenvalue weighted by molar-refractivity contribution is 5.46. The van der Waals surface area contributed by atoms with Crippen LogP contribution in [0.15, 0.2) is 41.3 Å². The van der Waals surface area contributed by atoms with Crippen molar-refractivity contribution in [3.8, 4) is 17.2 Å². The summed E-state index contributed by atoms with van der Waals surface area (Å²) in [7, 11) is 0. The van der Waals surface area contributed by atoms with E-state index in [2.05, 4.69) is 10.4 Å². The number of phenolic OH excluding ortho intramolecular Hbond substituents is 1. The van der Waals surface area contributed by atoms with E-state index in [1.807, 2.05) is 0 Å². The van der Waals surface area contributed by atoms with Crippen molar-refractivity contribution in [2.24, 2.45) is 0 Å². The SMILES string of the molecule is O=c1cccnn1CCCNC[C@@H]1COc2ccc(O)cc2O1. The number of aromatic hydroxyl groups is 1. The smallest absolute Gasteiger partial charge is 0.266 e. The first-order chi connectivity index (χ1) is 11.2. The van der Waals surface area contributed by atoms with Gasteiger partial charge in [-0.2, -0.15) is 5.10 Å². The van der Waals surface area contributed by atoms with Crippen molar-refractivity contribution in [1.29, 1.82) is 0 Å². The Morgan fingerprint density at radius 3 is 3.13 bits per heavy atom. The van der Waals surface area contributed by atoms with E-state index in [9.17, 15) is 9.90 Å². The lowest BCUT2D eigenvalue weighted by Crippen LogP contribution is -2.39. The summed E-state index contributed by atoms with van der Waals surface area (Å²) in [4.78, 5) is 11.5. The Hall–Kier alpha value is -2.54. The van der Waals surface area contributed by atoms with Gasteiger partial charge in [-0.1, -0.05) is 0 Å². The van der Waals surface area contributed by atoms with E-state index >= 15 is 0 Å². The number of nitrogens with zero attached hydrogens (tertiary/aromatic N) is 2. The molecule has 1 aliphatic rings. The molecular weight excluding hydrogens is 298 g/mol. The van der Waals surface area contributed by atoms with Crippen LogP contribution in [0.4, 0.5) is 0 Å². The van der Waals surface area contributed by atoms with Crippen molar-refractivity contribution >= 4 is 0 Å². The monoisotopic (exact) mass is 317 g/mol. The molecule has 0 unspecified atom stereocenters. The van der Waals surface area contributed by atoms with Crippen LogP contribution in [0, 0.1) is 0 Å². The van der Waals surface area contributed by atoms with E-state index < -0.39 is 0 Å². The minimum Gasteiger partial charge on any atom is -0.508 e. The number of benzene rings is 1. The van der Waals surface area contributed by atoms with E-state index in [0.29, 0.717) is 31.2 Å². The number of aryl methyl sites for hydroxylation is 1. The predicted molar refractivity (Wildman–Crippen MR) is 84.0 cm³/mol. The number of fused-ring (bicyclic) bond motifs is 1. The van der Waals surface area contributed by atoms with Gasteiger partial charge in [0.25, 0.3) is 5.56 Å². The third-order valence-electron chi connectivity index (χ3n) is 3.53. The second-order valence-electron chi connectivity index (χ2n) is 5.32. The fourth-order valence-electron chi connectivity index (χ4n) is 2.38. The average Bonchev–Trinajstić information content (AvgIpc) is 2.56. The number of ether oxygens (including phenoxy) is 2. The molecule has 0 aliphatic carbocycles. The summed E-state index contributed by atoms with van der Waals surface area (Å²) in [5, 5.41) is 16.8. The summed E-state index contributed by atoms with van der Waals surface area (Å²) in [6.07, 6.45) is 2.29. The fourth-order valence-corrected chi connectivity index (χ4v) is 2.38. The standard InChI is InChI=1S/C16H19N3O4/c20-12-4-5-14-15(9-12)23-13(11-22-14)10-17-6-2-8-19-16(21)3-1-7-18-19/h1,3-5,7,9,13,17,20H,2,6,8,10-11H2/t13-/m1/s1. The zero-order chi connectivity index (χ0) is 16.1. The molecule has 0 spiro atoms. The summed E-state index contributed by atoms with van der Waals surface area (Å²) in [6.45, 7) is 2.41. The van der Waals surface area contributed by atoms with Crippen molar-refractivity contribution < 1.29 is 14.6 Å². The van der Waals surface area contributed by atoms with Crippen molar-refractivity contribution in [2.45, 2.75) is 19.1 Å². The minimum atomic E-state index is -0.109. The maximum atomic E-state index is 11.5. The normalized spacial score (nSPS) is 16.3. The molecule has 1 atom stereocenters. The molecule has 122 valence electrons. The zero-order valence-electron chi connectivity index (χ0n) is 12.6. The van der Waals surface area contributed by atoms with Crippen LogP contribution in [0.25, 0.3) is 0 Å². The second kappa shape index (κ2) is 7.15. The third-order valence-corrected chi connectivity index (χ3v) is 3.53. The van der Waals surface area contributed by atoms with Crippen LogP contribution < -0.4 is 20.3 Å². The summed E-state index contributed by atoms with van der Waals surface area (Å²) in [6, 6.07) is 7.95. The van der Waals surface area contributed by atoms with Crippen molar-refractivity contribution in [3.63, 3.8) is 0 Å². The first-order valence-electron chi connectivity index (χ1n) is 7.58. The van der Waals surface area contributed by atoms with Crippen LogP contribution in [-0.2, 0) is 6.54 Å². The lowest BCUT2D eigenvalue weighted by Gasteiger charge is -2.26. The van der Waals surface area contributed by atoms with Crippen LogP contribution in [0.3, 0.4) is 0 Å². The maximum Gasteiger partial charge on any atom is 0.266 e. The molecule has 0 fully saturated rings. The number of nitrogens with one attached hydrogen (secondary N) is 1. The molecule has 0 saturated carbocycles. The molecule has 0 saturated heterocycles. The van der Waals surface area contributed by atoms with Gasteiger partial charge in [0.15, 0.2) is 11.5 Å².